The molecule has 0 aliphatic heterocycles. The van der Waals surface area contributed by atoms with Crippen LogP contribution in [0, 0.1) is 11.8 Å². The predicted molar refractivity (Wildman–Crippen MR) is 85.8 cm³/mol. The average molecular weight is 336 g/mol. The molecular formula is C16H20N2O4S. The highest BCUT2D eigenvalue weighted by Gasteiger charge is 2.35. The van der Waals surface area contributed by atoms with Crippen LogP contribution in [0.3, 0.4) is 0 Å². The number of hydrogen-bond donors (Lipinski definition) is 1. The van der Waals surface area contributed by atoms with E-state index >= 15 is 0 Å². The number of H-pyrrole nitrogens is 1. The van der Waals surface area contributed by atoms with Crippen LogP contribution in [0.1, 0.15) is 35.6 Å². The summed E-state index contributed by atoms with van der Waals surface area (Å²) >= 11 is 0. The van der Waals surface area contributed by atoms with Crippen molar-refractivity contribution >= 4 is 9.84 Å². The molecule has 0 radical (unpaired) electrons. The summed E-state index contributed by atoms with van der Waals surface area (Å²) < 4.78 is 29.4. The molecule has 0 bridgehead atoms. The third-order valence-electron chi connectivity index (χ3n) is 4.70. The molecule has 1 aliphatic carbocycles. The Balaban J connectivity index is 1.86. The summed E-state index contributed by atoms with van der Waals surface area (Å²) in [5.41, 5.74) is 2.01. The van der Waals surface area contributed by atoms with E-state index < -0.39 is 20.8 Å². The Hall–Kier alpha value is -1.89. The maximum atomic E-state index is 12.2. The smallest absolute Gasteiger partial charge is 0.392 e. The molecule has 3 atom stereocenters. The van der Waals surface area contributed by atoms with E-state index in [0.29, 0.717) is 18.7 Å². The molecule has 0 saturated carbocycles. The van der Waals surface area contributed by atoms with Crippen molar-refractivity contribution < 1.29 is 12.8 Å². The zero-order valence-electron chi connectivity index (χ0n) is 13.2. The quantitative estimate of drug-likeness (QED) is 0.920. The van der Waals surface area contributed by atoms with Gasteiger partial charge in [-0.2, -0.15) is 0 Å². The third-order valence-corrected chi connectivity index (χ3v) is 6.18. The SMILES string of the molecule is C[C@H](Cc1n[nH]c(=O)o1)[C@@H]1Cc2ccccc2C(S(C)(=O)=O)C1. The number of aromatic nitrogens is 2. The molecular weight excluding hydrogens is 316 g/mol. The lowest BCUT2D eigenvalue weighted by Crippen LogP contribution is -2.28. The Morgan fingerprint density at radius 2 is 2.13 bits per heavy atom. The maximum absolute atomic E-state index is 12.2. The molecule has 1 unspecified atom stereocenters. The summed E-state index contributed by atoms with van der Waals surface area (Å²) in [6.45, 7) is 2.05. The molecule has 1 aromatic heterocycles. The van der Waals surface area contributed by atoms with Crippen LogP contribution in [-0.2, 0) is 22.7 Å². The van der Waals surface area contributed by atoms with E-state index in [1.165, 1.54) is 6.26 Å². The minimum Gasteiger partial charge on any atom is -0.392 e. The van der Waals surface area contributed by atoms with Gasteiger partial charge in [0.1, 0.15) is 0 Å². The Morgan fingerprint density at radius 1 is 1.39 bits per heavy atom. The molecule has 0 saturated heterocycles. The van der Waals surface area contributed by atoms with Crippen molar-refractivity contribution in [1.82, 2.24) is 10.2 Å². The molecule has 23 heavy (non-hydrogen) atoms. The van der Waals surface area contributed by atoms with Crippen LogP contribution in [0.5, 0.6) is 0 Å². The molecule has 0 amide bonds. The fourth-order valence-electron chi connectivity index (χ4n) is 3.43. The van der Waals surface area contributed by atoms with E-state index in [-0.39, 0.29) is 11.8 Å². The monoisotopic (exact) mass is 336 g/mol. The number of sulfone groups is 1. The van der Waals surface area contributed by atoms with E-state index in [1.807, 2.05) is 31.2 Å². The Bertz CT molecular complexity index is 853. The van der Waals surface area contributed by atoms with Gasteiger partial charge in [0.25, 0.3) is 0 Å². The molecule has 6 nitrogen and oxygen atoms in total. The number of hydrogen-bond acceptors (Lipinski definition) is 5. The molecule has 3 rings (SSSR count). The van der Waals surface area contributed by atoms with E-state index in [9.17, 15) is 13.2 Å². The van der Waals surface area contributed by atoms with Gasteiger partial charge in [0, 0.05) is 12.7 Å². The second kappa shape index (κ2) is 5.96. The van der Waals surface area contributed by atoms with Crippen molar-refractivity contribution in [3.05, 3.63) is 51.8 Å². The number of rotatable bonds is 4. The second-order valence-corrected chi connectivity index (χ2v) is 8.63. The number of aromatic amines is 1. The van der Waals surface area contributed by atoms with Crippen molar-refractivity contribution in [2.75, 3.05) is 6.26 Å². The molecule has 1 aromatic carbocycles. The van der Waals surface area contributed by atoms with E-state index in [0.717, 1.165) is 17.5 Å². The van der Waals surface area contributed by atoms with Crippen molar-refractivity contribution in [2.24, 2.45) is 11.8 Å². The van der Waals surface area contributed by atoms with Crippen LogP contribution in [-0.4, -0.2) is 24.9 Å². The van der Waals surface area contributed by atoms with Gasteiger partial charge in [-0.25, -0.2) is 18.3 Å². The van der Waals surface area contributed by atoms with Crippen LogP contribution in [0.25, 0.3) is 0 Å². The largest absolute Gasteiger partial charge is 0.434 e. The van der Waals surface area contributed by atoms with E-state index in [2.05, 4.69) is 10.2 Å². The zero-order valence-corrected chi connectivity index (χ0v) is 14.0. The number of fused-ring (bicyclic) bond motifs is 1. The van der Waals surface area contributed by atoms with Gasteiger partial charge < -0.3 is 4.42 Å². The molecule has 1 aliphatic rings. The summed E-state index contributed by atoms with van der Waals surface area (Å²) in [4.78, 5) is 11.0. The van der Waals surface area contributed by atoms with Gasteiger partial charge in [0.05, 0.1) is 5.25 Å². The summed E-state index contributed by atoms with van der Waals surface area (Å²) in [6.07, 6.45) is 3.24. The first-order chi connectivity index (χ1) is 10.8. The van der Waals surface area contributed by atoms with E-state index in [1.54, 1.807) is 0 Å². The van der Waals surface area contributed by atoms with Crippen molar-refractivity contribution in [1.29, 1.82) is 0 Å². The molecule has 1 N–H and O–H groups in total. The molecule has 2 aromatic rings. The Morgan fingerprint density at radius 3 is 2.78 bits per heavy atom. The fourth-order valence-corrected chi connectivity index (χ4v) is 4.72. The van der Waals surface area contributed by atoms with Crippen LogP contribution < -0.4 is 5.76 Å². The van der Waals surface area contributed by atoms with Crippen LogP contribution in [0.2, 0.25) is 0 Å². The lowest BCUT2D eigenvalue weighted by Gasteiger charge is -2.33. The molecule has 0 fully saturated rings. The average Bonchev–Trinajstić information content (AvgIpc) is 2.90. The maximum Gasteiger partial charge on any atom is 0.434 e. The molecule has 124 valence electrons. The van der Waals surface area contributed by atoms with Crippen molar-refractivity contribution in [3.63, 3.8) is 0 Å². The van der Waals surface area contributed by atoms with Gasteiger partial charge in [-0.1, -0.05) is 31.2 Å². The lowest BCUT2D eigenvalue weighted by atomic mass is 9.76. The second-order valence-electron chi connectivity index (χ2n) is 6.41. The van der Waals surface area contributed by atoms with Gasteiger partial charge in [-0.3, -0.25) is 0 Å². The summed E-state index contributed by atoms with van der Waals surface area (Å²) in [5.74, 6) is 0.179. The normalized spacial score (nSPS) is 22.5. The van der Waals surface area contributed by atoms with Crippen molar-refractivity contribution in [3.8, 4) is 0 Å². The predicted octanol–water partition coefficient (Wildman–Crippen LogP) is 1.89. The summed E-state index contributed by atoms with van der Waals surface area (Å²) in [6, 6.07) is 7.74. The highest BCUT2D eigenvalue weighted by atomic mass is 32.2. The van der Waals surface area contributed by atoms with Gasteiger partial charge in [-0.15, -0.1) is 5.10 Å². The van der Waals surface area contributed by atoms with Crippen LogP contribution >= 0.6 is 0 Å². The highest BCUT2D eigenvalue weighted by Crippen LogP contribution is 2.41. The molecule has 7 heteroatoms. The minimum atomic E-state index is -3.17. The lowest BCUT2D eigenvalue weighted by molar-refractivity contribution is 0.291. The fraction of sp³-hybridized carbons (Fsp3) is 0.500. The Kier molecular flexibility index (Phi) is 4.14. The first-order valence-corrected chi connectivity index (χ1v) is 9.61. The number of nitrogens with zero attached hydrogens (tertiary/aromatic N) is 1. The molecule has 1 heterocycles. The first kappa shape index (κ1) is 16.0. The van der Waals surface area contributed by atoms with Crippen LogP contribution in [0.15, 0.2) is 33.5 Å². The van der Waals surface area contributed by atoms with Gasteiger partial charge >= 0.3 is 5.76 Å². The molecule has 0 spiro atoms. The zero-order chi connectivity index (χ0) is 16.6. The Labute approximate surface area is 134 Å². The topological polar surface area (TPSA) is 93.0 Å². The van der Waals surface area contributed by atoms with Gasteiger partial charge in [0.15, 0.2) is 9.84 Å². The highest BCUT2D eigenvalue weighted by molar-refractivity contribution is 7.90. The van der Waals surface area contributed by atoms with Gasteiger partial charge in [0.2, 0.25) is 5.89 Å². The summed E-state index contributed by atoms with van der Waals surface area (Å²) in [5, 5.41) is 5.63. The van der Waals surface area contributed by atoms with Crippen LogP contribution in [0.4, 0.5) is 0 Å². The summed E-state index contributed by atoms with van der Waals surface area (Å²) in [7, 11) is -3.17. The minimum absolute atomic E-state index is 0.166. The van der Waals surface area contributed by atoms with E-state index in [4.69, 9.17) is 4.42 Å². The number of benzene rings is 1. The number of nitrogens with one attached hydrogen (secondary N) is 1. The van der Waals surface area contributed by atoms with Gasteiger partial charge in [-0.05, 0) is 35.8 Å². The standard InChI is InChI=1S/C16H20N2O4S/c1-10(7-15-17-18-16(19)22-15)12-8-11-5-3-4-6-13(11)14(9-12)23(2,20)21/h3-6,10,12,14H,7-9H2,1-2H3,(H,18,19)/t10-,12-,14?/m1/s1. The first-order valence-electron chi connectivity index (χ1n) is 7.65. The van der Waals surface area contributed by atoms with Crippen molar-refractivity contribution in [2.45, 2.75) is 31.4 Å². The third kappa shape index (κ3) is 3.39.